The molecule has 8 nitrogen and oxygen atoms in total. The van der Waals surface area contributed by atoms with E-state index < -0.39 is 16.1 Å². The molecule has 0 radical (unpaired) electrons. The second kappa shape index (κ2) is 9.74. The van der Waals surface area contributed by atoms with Crippen LogP contribution in [-0.2, 0) is 14.8 Å². The van der Waals surface area contributed by atoms with Crippen molar-refractivity contribution in [1.29, 1.82) is 0 Å². The molecule has 3 heterocycles. The third-order valence-corrected chi connectivity index (χ3v) is 8.05. The van der Waals surface area contributed by atoms with Gasteiger partial charge in [0.1, 0.15) is 11.9 Å². The third kappa shape index (κ3) is 5.51. The Morgan fingerprint density at radius 2 is 1.91 bits per heavy atom. The molecule has 1 aromatic carbocycles. The summed E-state index contributed by atoms with van der Waals surface area (Å²) in [5.74, 6) is 0.864. The largest absolute Gasteiger partial charge is 0.353 e. The van der Waals surface area contributed by atoms with Gasteiger partial charge in [0, 0.05) is 32.4 Å². The number of aromatic nitrogens is 2. The van der Waals surface area contributed by atoms with Crippen LogP contribution in [0.2, 0.25) is 0 Å². The van der Waals surface area contributed by atoms with Crippen LogP contribution >= 0.6 is 11.3 Å². The molecule has 2 aromatic heterocycles. The lowest BCUT2D eigenvalue weighted by Gasteiger charge is -2.37. The highest BCUT2D eigenvalue weighted by atomic mass is 32.2. The zero-order valence-electron chi connectivity index (χ0n) is 19.1. The summed E-state index contributed by atoms with van der Waals surface area (Å²) in [5, 5.41) is 0.880. The SMILES string of the molecule is Cc1nc2ccc(S(=O)(=O)N[C@H](CC(C)C)C(=O)N3CCN(c4ccccn4)CC3)cc2s1. The fourth-order valence-corrected chi connectivity index (χ4v) is 6.20. The molecule has 4 rings (SSSR count). The molecule has 1 fully saturated rings. The van der Waals surface area contributed by atoms with Crippen molar-refractivity contribution in [2.24, 2.45) is 5.92 Å². The average Bonchev–Trinajstić information content (AvgIpc) is 3.17. The molecule has 176 valence electrons. The number of rotatable bonds is 7. The van der Waals surface area contributed by atoms with Crippen LogP contribution in [0, 0.1) is 12.8 Å². The summed E-state index contributed by atoms with van der Waals surface area (Å²) in [6.45, 7) is 8.23. The van der Waals surface area contributed by atoms with E-state index in [4.69, 9.17) is 0 Å². The molecule has 0 bridgehead atoms. The van der Waals surface area contributed by atoms with E-state index in [9.17, 15) is 13.2 Å². The molecule has 33 heavy (non-hydrogen) atoms. The molecule has 1 atom stereocenters. The van der Waals surface area contributed by atoms with E-state index >= 15 is 0 Å². The first-order chi connectivity index (χ1) is 15.7. The first kappa shape index (κ1) is 23.6. The number of hydrogen-bond donors (Lipinski definition) is 1. The monoisotopic (exact) mass is 487 g/mol. The van der Waals surface area contributed by atoms with Crippen LogP contribution in [0.1, 0.15) is 25.3 Å². The zero-order valence-corrected chi connectivity index (χ0v) is 20.7. The summed E-state index contributed by atoms with van der Waals surface area (Å²) in [4.78, 5) is 26.2. The van der Waals surface area contributed by atoms with Crippen LogP contribution in [0.5, 0.6) is 0 Å². The number of pyridine rings is 1. The number of hydrogen-bond acceptors (Lipinski definition) is 7. The highest BCUT2D eigenvalue weighted by Crippen LogP contribution is 2.25. The maximum atomic E-state index is 13.4. The molecule has 1 aliphatic rings. The minimum Gasteiger partial charge on any atom is -0.353 e. The Bertz CT molecular complexity index is 1220. The van der Waals surface area contributed by atoms with E-state index in [0.29, 0.717) is 32.6 Å². The van der Waals surface area contributed by atoms with Crippen molar-refractivity contribution >= 4 is 43.3 Å². The number of piperazine rings is 1. The van der Waals surface area contributed by atoms with Crippen molar-refractivity contribution in [3.05, 3.63) is 47.6 Å². The fourth-order valence-electron chi connectivity index (χ4n) is 4.03. The average molecular weight is 488 g/mol. The van der Waals surface area contributed by atoms with Crippen LogP contribution in [-0.4, -0.2) is 61.4 Å². The van der Waals surface area contributed by atoms with Gasteiger partial charge in [0.05, 0.1) is 20.1 Å². The number of amides is 1. The van der Waals surface area contributed by atoms with E-state index in [1.54, 1.807) is 29.3 Å². The molecule has 0 unspecified atom stereocenters. The van der Waals surface area contributed by atoms with Gasteiger partial charge in [-0.1, -0.05) is 19.9 Å². The minimum atomic E-state index is -3.86. The molecular formula is C23H29N5O3S2. The first-order valence-corrected chi connectivity index (χ1v) is 13.4. The lowest BCUT2D eigenvalue weighted by molar-refractivity contribution is -0.133. The Hall–Kier alpha value is -2.56. The predicted molar refractivity (Wildman–Crippen MR) is 131 cm³/mol. The van der Waals surface area contributed by atoms with Gasteiger partial charge in [-0.3, -0.25) is 4.79 Å². The number of benzene rings is 1. The molecule has 1 N–H and O–H groups in total. The maximum absolute atomic E-state index is 13.4. The number of anilines is 1. The number of nitrogens with one attached hydrogen (secondary N) is 1. The molecule has 10 heteroatoms. The van der Waals surface area contributed by atoms with Crippen LogP contribution in [0.25, 0.3) is 10.2 Å². The number of aryl methyl sites for hydroxylation is 1. The van der Waals surface area contributed by atoms with Gasteiger partial charge in [-0.05, 0) is 49.6 Å². The van der Waals surface area contributed by atoms with E-state index in [2.05, 4.69) is 19.6 Å². The summed E-state index contributed by atoms with van der Waals surface area (Å²) in [6.07, 6.45) is 2.19. The molecule has 1 saturated heterocycles. The number of sulfonamides is 1. The van der Waals surface area contributed by atoms with Gasteiger partial charge in [0.15, 0.2) is 0 Å². The Kier molecular flexibility index (Phi) is 6.96. The van der Waals surface area contributed by atoms with E-state index in [1.807, 2.05) is 39.0 Å². The standard InChI is InChI=1S/C23H29N5O3S2/c1-16(2)14-20(23(29)28-12-10-27(11-13-28)22-6-4-5-9-24-22)26-33(30,31)18-7-8-19-21(15-18)32-17(3)25-19/h4-9,15-16,20,26H,10-14H2,1-3H3/t20-/m1/s1. The third-order valence-electron chi connectivity index (χ3n) is 5.64. The van der Waals surface area contributed by atoms with Crippen molar-refractivity contribution in [1.82, 2.24) is 19.6 Å². The summed E-state index contributed by atoms with van der Waals surface area (Å²) in [6, 6.07) is 9.85. The van der Waals surface area contributed by atoms with Gasteiger partial charge in [0.25, 0.3) is 0 Å². The summed E-state index contributed by atoms with van der Waals surface area (Å²) in [7, 11) is -3.86. The smallest absolute Gasteiger partial charge is 0.241 e. The number of thiazole rings is 1. The second-order valence-corrected chi connectivity index (χ2v) is 11.6. The van der Waals surface area contributed by atoms with Crippen molar-refractivity contribution in [2.45, 2.75) is 38.1 Å². The van der Waals surface area contributed by atoms with Crippen molar-refractivity contribution in [3.63, 3.8) is 0 Å². The summed E-state index contributed by atoms with van der Waals surface area (Å²) >= 11 is 1.45. The summed E-state index contributed by atoms with van der Waals surface area (Å²) in [5.41, 5.74) is 0.775. The summed E-state index contributed by atoms with van der Waals surface area (Å²) < 4.78 is 29.9. The van der Waals surface area contributed by atoms with E-state index in [-0.39, 0.29) is 16.7 Å². The van der Waals surface area contributed by atoms with Crippen LogP contribution < -0.4 is 9.62 Å². The maximum Gasteiger partial charge on any atom is 0.241 e. The van der Waals surface area contributed by atoms with E-state index in [1.165, 1.54) is 11.3 Å². The normalized spacial score (nSPS) is 15.9. The highest BCUT2D eigenvalue weighted by molar-refractivity contribution is 7.89. The van der Waals surface area contributed by atoms with Crippen molar-refractivity contribution < 1.29 is 13.2 Å². The Morgan fingerprint density at radius 3 is 2.58 bits per heavy atom. The number of carbonyl (C=O) groups is 1. The molecule has 1 amide bonds. The number of nitrogens with zero attached hydrogens (tertiary/aromatic N) is 4. The van der Waals surface area contributed by atoms with Gasteiger partial charge in [-0.15, -0.1) is 11.3 Å². The minimum absolute atomic E-state index is 0.153. The fraction of sp³-hybridized carbons (Fsp3) is 0.435. The van der Waals surface area contributed by atoms with Gasteiger partial charge in [-0.2, -0.15) is 4.72 Å². The first-order valence-electron chi connectivity index (χ1n) is 11.1. The van der Waals surface area contributed by atoms with Gasteiger partial charge >= 0.3 is 0 Å². The lowest BCUT2D eigenvalue weighted by atomic mass is 10.0. The highest BCUT2D eigenvalue weighted by Gasteiger charge is 2.32. The van der Waals surface area contributed by atoms with Crippen molar-refractivity contribution in [3.8, 4) is 0 Å². The quantitative estimate of drug-likeness (QED) is 0.550. The Labute approximate surface area is 198 Å². The molecule has 0 spiro atoms. The predicted octanol–water partition coefficient (Wildman–Crippen LogP) is 3.04. The van der Waals surface area contributed by atoms with Crippen molar-refractivity contribution in [2.75, 3.05) is 31.1 Å². The van der Waals surface area contributed by atoms with E-state index in [0.717, 1.165) is 21.0 Å². The van der Waals surface area contributed by atoms with Gasteiger partial charge in [0.2, 0.25) is 15.9 Å². The molecule has 1 aliphatic heterocycles. The Morgan fingerprint density at radius 1 is 1.15 bits per heavy atom. The molecule has 3 aromatic rings. The molecule has 0 saturated carbocycles. The topological polar surface area (TPSA) is 95.5 Å². The number of fused-ring (bicyclic) bond motifs is 1. The van der Waals surface area contributed by atoms with Gasteiger partial charge in [-0.25, -0.2) is 18.4 Å². The molecule has 0 aliphatic carbocycles. The zero-order chi connectivity index (χ0) is 23.6. The lowest BCUT2D eigenvalue weighted by Crippen LogP contribution is -2.55. The van der Waals surface area contributed by atoms with Crippen LogP contribution in [0.4, 0.5) is 5.82 Å². The van der Waals surface area contributed by atoms with Crippen LogP contribution in [0.3, 0.4) is 0 Å². The molecular weight excluding hydrogens is 458 g/mol. The van der Waals surface area contributed by atoms with Crippen LogP contribution in [0.15, 0.2) is 47.5 Å². The second-order valence-electron chi connectivity index (χ2n) is 8.67. The van der Waals surface area contributed by atoms with Gasteiger partial charge < -0.3 is 9.80 Å². The Balaban J connectivity index is 1.48. The number of carbonyl (C=O) groups excluding carboxylic acids is 1.